The smallest absolute Gasteiger partial charge is 0.340 e. The van der Waals surface area contributed by atoms with Crippen molar-refractivity contribution in [3.8, 4) is 0 Å². The lowest BCUT2D eigenvalue weighted by Gasteiger charge is -2.15. The summed E-state index contributed by atoms with van der Waals surface area (Å²) in [4.78, 5) is 18.2. The van der Waals surface area contributed by atoms with Crippen LogP contribution in [-0.2, 0) is 17.5 Å². The van der Waals surface area contributed by atoms with Gasteiger partial charge < -0.3 is 4.90 Å². The first-order valence-corrected chi connectivity index (χ1v) is 8.58. The van der Waals surface area contributed by atoms with E-state index in [2.05, 4.69) is 4.98 Å². The highest BCUT2D eigenvalue weighted by atomic mass is 35.5. The third kappa shape index (κ3) is 5.40. The molecule has 0 aliphatic carbocycles. The molecule has 9 heteroatoms. The SMILES string of the molecule is CN(Cc1ccc(Cl)s1)C(=O)CSc1ccc(C(F)(F)F)cn1. The van der Waals surface area contributed by atoms with Crippen LogP contribution in [0.25, 0.3) is 0 Å². The fourth-order valence-corrected chi connectivity index (χ4v) is 3.56. The molecule has 0 saturated carbocycles. The minimum atomic E-state index is -4.41. The van der Waals surface area contributed by atoms with E-state index in [1.165, 1.54) is 17.4 Å². The Balaban J connectivity index is 1.86. The highest BCUT2D eigenvalue weighted by Gasteiger charge is 2.30. The molecule has 0 atom stereocenters. The summed E-state index contributed by atoms with van der Waals surface area (Å²) in [6.45, 7) is 0.442. The fraction of sp³-hybridized carbons (Fsp3) is 0.286. The Kier molecular flexibility index (Phi) is 5.94. The second-order valence-electron chi connectivity index (χ2n) is 4.63. The normalized spacial score (nSPS) is 11.5. The number of rotatable bonds is 5. The van der Waals surface area contributed by atoms with Crippen molar-refractivity contribution in [3.05, 3.63) is 45.2 Å². The van der Waals surface area contributed by atoms with E-state index in [9.17, 15) is 18.0 Å². The Hall–Kier alpha value is -1.25. The van der Waals surface area contributed by atoms with E-state index < -0.39 is 11.7 Å². The zero-order valence-corrected chi connectivity index (χ0v) is 14.3. The summed E-state index contributed by atoms with van der Waals surface area (Å²) in [5.41, 5.74) is -0.806. The lowest BCUT2D eigenvalue weighted by Crippen LogP contribution is -2.27. The molecule has 0 bridgehead atoms. The van der Waals surface area contributed by atoms with E-state index in [1.807, 2.05) is 6.07 Å². The molecule has 2 aromatic rings. The number of thioether (sulfide) groups is 1. The maximum Gasteiger partial charge on any atom is 0.417 e. The molecule has 2 aromatic heterocycles. The number of nitrogens with zero attached hydrogens (tertiary/aromatic N) is 2. The van der Waals surface area contributed by atoms with Gasteiger partial charge in [0.25, 0.3) is 0 Å². The van der Waals surface area contributed by atoms with Gasteiger partial charge in [-0.2, -0.15) is 13.2 Å². The molecule has 0 unspecified atom stereocenters. The van der Waals surface area contributed by atoms with Crippen molar-refractivity contribution in [2.45, 2.75) is 17.7 Å². The Bertz CT molecular complexity index is 673. The van der Waals surface area contributed by atoms with Gasteiger partial charge in [0.05, 0.1) is 27.2 Å². The fourth-order valence-electron chi connectivity index (χ4n) is 1.64. The molecule has 0 aliphatic heterocycles. The van der Waals surface area contributed by atoms with Crippen LogP contribution in [-0.4, -0.2) is 28.6 Å². The van der Waals surface area contributed by atoms with Gasteiger partial charge in [-0.15, -0.1) is 11.3 Å². The third-order valence-electron chi connectivity index (χ3n) is 2.85. The van der Waals surface area contributed by atoms with Crippen molar-refractivity contribution in [1.82, 2.24) is 9.88 Å². The number of hydrogen-bond donors (Lipinski definition) is 0. The lowest BCUT2D eigenvalue weighted by molar-refractivity contribution is -0.138. The van der Waals surface area contributed by atoms with E-state index in [-0.39, 0.29) is 11.7 Å². The van der Waals surface area contributed by atoms with E-state index in [4.69, 9.17) is 11.6 Å². The Morgan fingerprint density at radius 2 is 2.09 bits per heavy atom. The van der Waals surface area contributed by atoms with Gasteiger partial charge in [0, 0.05) is 18.1 Å². The van der Waals surface area contributed by atoms with Gasteiger partial charge in [-0.25, -0.2) is 4.98 Å². The van der Waals surface area contributed by atoms with Crippen molar-refractivity contribution in [3.63, 3.8) is 0 Å². The van der Waals surface area contributed by atoms with Crippen molar-refractivity contribution in [2.75, 3.05) is 12.8 Å². The Labute approximate surface area is 144 Å². The molecule has 23 heavy (non-hydrogen) atoms. The van der Waals surface area contributed by atoms with Crippen molar-refractivity contribution in [2.24, 2.45) is 0 Å². The van der Waals surface area contributed by atoms with Crippen LogP contribution in [0.15, 0.2) is 35.5 Å². The van der Waals surface area contributed by atoms with Gasteiger partial charge in [0.15, 0.2) is 0 Å². The van der Waals surface area contributed by atoms with Crippen LogP contribution in [0.1, 0.15) is 10.4 Å². The second-order valence-corrected chi connectivity index (χ2v) is 7.42. The number of halogens is 4. The van der Waals surface area contributed by atoms with Crippen LogP contribution >= 0.6 is 34.7 Å². The van der Waals surface area contributed by atoms with E-state index in [1.54, 1.807) is 18.0 Å². The molecule has 0 N–H and O–H groups in total. The summed E-state index contributed by atoms with van der Waals surface area (Å²) in [5.74, 6) is -0.0326. The maximum atomic E-state index is 12.4. The summed E-state index contributed by atoms with van der Waals surface area (Å²) < 4.78 is 38.0. The summed E-state index contributed by atoms with van der Waals surface area (Å²) in [6, 6.07) is 5.83. The first-order chi connectivity index (χ1) is 10.8. The average molecular weight is 381 g/mol. The first kappa shape index (κ1) is 18.1. The zero-order chi connectivity index (χ0) is 17.0. The summed E-state index contributed by atoms with van der Waals surface area (Å²) >= 11 is 8.33. The molecule has 0 aromatic carbocycles. The topological polar surface area (TPSA) is 33.2 Å². The molecule has 0 saturated heterocycles. The molecule has 2 rings (SSSR count). The number of thiophene rings is 1. The predicted octanol–water partition coefficient (Wildman–Crippen LogP) is 4.57. The first-order valence-electron chi connectivity index (χ1n) is 6.40. The Morgan fingerprint density at radius 1 is 1.35 bits per heavy atom. The highest BCUT2D eigenvalue weighted by molar-refractivity contribution is 7.99. The van der Waals surface area contributed by atoms with Crippen LogP contribution in [0, 0.1) is 0 Å². The Morgan fingerprint density at radius 3 is 2.61 bits per heavy atom. The van der Waals surface area contributed by atoms with Crippen LogP contribution < -0.4 is 0 Å². The minimum absolute atomic E-state index is 0.105. The number of amides is 1. The van der Waals surface area contributed by atoms with E-state index >= 15 is 0 Å². The standard InChI is InChI=1S/C14H12ClF3N2OS2/c1-20(7-10-3-4-11(15)23-10)13(21)8-22-12-5-2-9(6-19-12)14(16,17)18/h2-6H,7-8H2,1H3. The highest BCUT2D eigenvalue weighted by Crippen LogP contribution is 2.29. The largest absolute Gasteiger partial charge is 0.417 e. The van der Waals surface area contributed by atoms with Crippen LogP contribution in [0.4, 0.5) is 13.2 Å². The van der Waals surface area contributed by atoms with Crippen LogP contribution in [0.2, 0.25) is 4.34 Å². The number of hydrogen-bond acceptors (Lipinski definition) is 4. The molecule has 1 amide bonds. The number of carbonyl (C=O) groups is 1. The monoisotopic (exact) mass is 380 g/mol. The summed E-state index contributed by atoms with van der Waals surface area (Å²) in [7, 11) is 1.66. The number of alkyl halides is 3. The molecule has 0 spiro atoms. The predicted molar refractivity (Wildman–Crippen MR) is 85.8 cm³/mol. The van der Waals surface area contributed by atoms with E-state index in [0.717, 1.165) is 28.9 Å². The number of carbonyl (C=O) groups excluding carboxylic acids is 1. The molecule has 3 nitrogen and oxygen atoms in total. The lowest BCUT2D eigenvalue weighted by atomic mass is 10.3. The van der Waals surface area contributed by atoms with Crippen LogP contribution in [0.5, 0.6) is 0 Å². The molecule has 0 fully saturated rings. The van der Waals surface area contributed by atoms with Crippen molar-refractivity contribution in [1.29, 1.82) is 0 Å². The minimum Gasteiger partial charge on any atom is -0.340 e. The van der Waals surface area contributed by atoms with Gasteiger partial charge >= 0.3 is 6.18 Å². The molecule has 124 valence electrons. The maximum absolute atomic E-state index is 12.4. The molecule has 0 aliphatic rings. The van der Waals surface area contributed by atoms with Gasteiger partial charge in [0.2, 0.25) is 5.91 Å². The van der Waals surface area contributed by atoms with E-state index in [0.29, 0.717) is 15.9 Å². The quantitative estimate of drug-likeness (QED) is 0.712. The number of aromatic nitrogens is 1. The molecular formula is C14H12ClF3N2OS2. The summed E-state index contributed by atoms with van der Waals surface area (Å²) in [6.07, 6.45) is -3.64. The summed E-state index contributed by atoms with van der Waals surface area (Å²) in [5, 5.41) is 0.374. The van der Waals surface area contributed by atoms with Crippen LogP contribution in [0.3, 0.4) is 0 Å². The van der Waals surface area contributed by atoms with Gasteiger partial charge in [-0.1, -0.05) is 23.4 Å². The van der Waals surface area contributed by atoms with Gasteiger partial charge in [0.1, 0.15) is 0 Å². The average Bonchev–Trinajstić information content (AvgIpc) is 2.89. The van der Waals surface area contributed by atoms with Gasteiger partial charge in [-0.05, 0) is 24.3 Å². The van der Waals surface area contributed by atoms with Crippen molar-refractivity contribution >= 4 is 40.6 Å². The third-order valence-corrected chi connectivity index (χ3v) is 5.00. The molecule has 0 radical (unpaired) electrons. The second kappa shape index (κ2) is 7.55. The van der Waals surface area contributed by atoms with Gasteiger partial charge in [-0.3, -0.25) is 4.79 Å². The van der Waals surface area contributed by atoms with Crippen molar-refractivity contribution < 1.29 is 18.0 Å². The number of pyridine rings is 1. The molecular weight excluding hydrogens is 369 g/mol. The molecule has 2 heterocycles. The zero-order valence-electron chi connectivity index (χ0n) is 11.9.